The van der Waals surface area contributed by atoms with Crippen LogP contribution in [0.1, 0.15) is 432 Å². The zero-order valence-corrected chi connectivity index (χ0v) is 78.5. The van der Waals surface area contributed by atoms with E-state index in [-0.39, 0.29) is 27.9 Å². The number of hydrogen-bond donors (Lipinski definition) is 3. The van der Waals surface area contributed by atoms with E-state index in [2.05, 4.69) is 362 Å². The summed E-state index contributed by atoms with van der Waals surface area (Å²) in [7, 11) is 3.67. The van der Waals surface area contributed by atoms with E-state index < -0.39 is 0 Å². The highest BCUT2D eigenvalue weighted by Gasteiger charge is 2.33. The van der Waals surface area contributed by atoms with Crippen molar-refractivity contribution in [1.29, 1.82) is 0 Å². The van der Waals surface area contributed by atoms with Crippen LogP contribution < -0.4 is 16.0 Å². The molecule has 2 saturated carbocycles. The zero-order chi connectivity index (χ0) is 80.0. The second kappa shape index (κ2) is 55.3. The molecule has 0 spiro atoms. The molecule has 2 fully saturated rings. The summed E-state index contributed by atoms with van der Waals surface area (Å²) in [6, 6.07) is 0.593. The maximum absolute atomic E-state index is 5.49. The number of ether oxygens (including phenoxy) is 3. The summed E-state index contributed by atoms with van der Waals surface area (Å²) in [5, 5.41) is 9.91. The molecule has 0 amide bonds. The maximum Gasteiger partial charge on any atom is 0.0601 e. The average molecular weight is 1360 g/mol. The molecule has 95 heavy (non-hydrogen) atoms. The Bertz CT molecular complexity index is 1420. The molecule has 0 aliphatic heterocycles. The van der Waals surface area contributed by atoms with Crippen LogP contribution in [0.4, 0.5) is 0 Å². The highest BCUT2D eigenvalue weighted by Crippen LogP contribution is 2.44. The van der Waals surface area contributed by atoms with E-state index in [1.165, 1.54) is 51.4 Å². The molecule has 0 heterocycles. The van der Waals surface area contributed by atoms with Crippen molar-refractivity contribution in [2.24, 2.45) is 79.3 Å². The topological polar surface area (TPSA) is 63.8 Å². The smallest absolute Gasteiger partial charge is 0.0601 e. The molecule has 2 rings (SSSR count). The summed E-state index contributed by atoms with van der Waals surface area (Å²) in [5.41, 5.74) is 4.70. The monoisotopic (exact) mass is 1360 g/mol. The highest BCUT2D eigenvalue weighted by molar-refractivity contribution is 4.84. The van der Waals surface area contributed by atoms with Crippen molar-refractivity contribution >= 4 is 0 Å². The molecule has 0 atom stereocenters. The zero-order valence-electron chi connectivity index (χ0n) is 78.5. The first-order valence-corrected chi connectivity index (χ1v) is 38.9. The summed E-state index contributed by atoms with van der Waals surface area (Å²) in [6.07, 6.45) is 11.8. The van der Waals surface area contributed by atoms with E-state index in [1.807, 2.05) is 41.7 Å². The molecule has 0 aromatic carbocycles. The minimum Gasteiger partial charge on any atom is -0.379 e. The van der Waals surface area contributed by atoms with E-state index in [9.17, 15) is 0 Å². The molecule has 0 aromatic rings. The SMILES string of the molecule is CC(C)(C)C.CC(C)(C)C.CC(C)(C)C1CC1.CC(C)(C)C1CCC1.CC(C)C(C)(C)C.CC(C)CC(C)(C)C.CC(C)CCC(C)(C)C.CC(C)CNC(C)(C)C.CC(C)COC(C)(C)C.CC(C)NC(C)(C)C.CC(C)OC(C)(C)C.CNC(C)(C)C.COC(C)(C)C. The van der Waals surface area contributed by atoms with Crippen molar-refractivity contribution in [2.75, 3.05) is 27.3 Å². The lowest BCUT2D eigenvalue weighted by atomic mass is 9.69. The largest absolute Gasteiger partial charge is 0.379 e. The van der Waals surface area contributed by atoms with Gasteiger partial charge < -0.3 is 30.2 Å². The third kappa shape index (κ3) is 183. The van der Waals surface area contributed by atoms with Gasteiger partial charge in [0.15, 0.2) is 0 Å². The molecule has 0 aromatic heterocycles. The van der Waals surface area contributed by atoms with Crippen LogP contribution in [0.3, 0.4) is 0 Å². The van der Waals surface area contributed by atoms with Gasteiger partial charge >= 0.3 is 0 Å². The number of rotatable bonds is 9. The molecule has 2 aliphatic rings. The first-order chi connectivity index (χ1) is 40.8. The molecular weight excluding hydrogens is 1160 g/mol. The van der Waals surface area contributed by atoms with Gasteiger partial charge in [0, 0.05) is 36.4 Å². The summed E-state index contributed by atoms with van der Waals surface area (Å²) >= 11 is 0. The molecule has 0 bridgehead atoms. The summed E-state index contributed by atoms with van der Waals surface area (Å²) in [6.45, 7) is 123. The van der Waals surface area contributed by atoms with Crippen LogP contribution in [-0.4, -0.2) is 72.9 Å². The highest BCUT2D eigenvalue weighted by atomic mass is 16.5. The van der Waals surface area contributed by atoms with Crippen molar-refractivity contribution in [3.63, 3.8) is 0 Å². The first kappa shape index (κ1) is 119. The van der Waals surface area contributed by atoms with E-state index in [4.69, 9.17) is 14.2 Å². The second-order valence-electron chi connectivity index (χ2n) is 45.3. The Balaban J connectivity index is -0.0000000897. The maximum atomic E-state index is 5.49. The first-order valence-electron chi connectivity index (χ1n) is 38.9. The fourth-order valence-electron chi connectivity index (χ4n) is 6.67. The van der Waals surface area contributed by atoms with Gasteiger partial charge in [-0.05, 0) is 270 Å². The Labute approximate surface area is 611 Å². The Kier molecular flexibility index (Phi) is 69.1. The molecule has 0 unspecified atom stereocenters. The molecule has 3 N–H and O–H groups in total. The van der Waals surface area contributed by atoms with Crippen molar-refractivity contribution < 1.29 is 14.2 Å². The molecule has 0 radical (unpaired) electrons. The lowest BCUT2D eigenvalue weighted by molar-refractivity contribution is -0.0425. The van der Waals surface area contributed by atoms with E-state index in [0.29, 0.717) is 61.5 Å². The Morgan fingerprint density at radius 3 is 0.716 bits per heavy atom. The normalized spacial score (nSPS) is 14.1. The molecule has 6 nitrogen and oxygen atoms in total. The van der Waals surface area contributed by atoms with Gasteiger partial charge in [0.05, 0.1) is 22.9 Å². The van der Waals surface area contributed by atoms with Gasteiger partial charge in [0.1, 0.15) is 0 Å². The van der Waals surface area contributed by atoms with Crippen molar-refractivity contribution in [2.45, 2.75) is 478 Å². The van der Waals surface area contributed by atoms with E-state index >= 15 is 0 Å². The molecular formula is C89H203N3O3. The van der Waals surface area contributed by atoms with Gasteiger partial charge in [-0.15, -0.1) is 0 Å². The summed E-state index contributed by atoms with van der Waals surface area (Å²) in [5.74, 6) is 5.98. The minimum atomic E-state index is 0.0220. The fourth-order valence-corrected chi connectivity index (χ4v) is 6.67. The molecule has 592 valence electrons. The van der Waals surface area contributed by atoms with Crippen LogP contribution in [0.25, 0.3) is 0 Å². The lowest BCUT2D eigenvalue weighted by Crippen LogP contribution is -2.40. The minimum absolute atomic E-state index is 0.0220. The molecule has 0 saturated heterocycles. The molecule has 6 heteroatoms. The van der Waals surface area contributed by atoms with Gasteiger partial charge in [-0.1, -0.05) is 255 Å². The predicted octanol–water partition coefficient (Wildman–Crippen LogP) is 29.5. The van der Waals surface area contributed by atoms with Crippen LogP contribution >= 0.6 is 0 Å². The van der Waals surface area contributed by atoms with Crippen molar-refractivity contribution in [3.8, 4) is 0 Å². The van der Waals surface area contributed by atoms with E-state index in [1.54, 1.807) is 7.11 Å². The number of hydrogen-bond acceptors (Lipinski definition) is 6. The third-order valence-corrected chi connectivity index (χ3v) is 12.9. The molecule has 2 aliphatic carbocycles. The van der Waals surface area contributed by atoms with Crippen LogP contribution in [0, 0.1) is 79.3 Å². The standard InChI is InChI=1S/C9H20.C8H19N.C8H18O.C8H16.C8H18.C7H17N.C7H16O.C7H14.C7H16.C5H13N.C5H12O.2C5H12/c1-8(2)6-7-9(3,4)5;2*1-7(2)6-9-8(3,4)5;1-8(2,3)7-5-4-6-7;1-7(2)6-8(3,4)5;2*1-6(2)8-7(3,4)5;1-7(2,3)6-4-5-6;1-6(2)7(3,4)5;2*1-5(2,3)6-4;2*1-5(2,3)4/h8H,6-7H2,1-5H3;7,9H,6H2,1-5H3;7H,6H2,1-5H3;7H,4-6H2,1-3H3;7H,6H2,1-5H3;6,8H,1-5H3;6H,1-5H3;6H,4-5H2,1-3H3;6H,1-5H3;6H,1-4H3;1-4H3;2*1-4H3. The third-order valence-electron chi connectivity index (χ3n) is 12.9. The number of methoxy groups -OCH3 is 1. The Morgan fingerprint density at radius 1 is 0.379 bits per heavy atom. The lowest BCUT2D eigenvalue weighted by Gasteiger charge is -2.37. The Morgan fingerprint density at radius 2 is 0.684 bits per heavy atom. The van der Waals surface area contributed by atoms with Gasteiger partial charge in [-0.25, -0.2) is 0 Å². The van der Waals surface area contributed by atoms with Crippen molar-refractivity contribution in [3.05, 3.63) is 0 Å². The van der Waals surface area contributed by atoms with Gasteiger partial charge in [-0.2, -0.15) is 0 Å². The van der Waals surface area contributed by atoms with Gasteiger partial charge in [-0.3, -0.25) is 0 Å². The Hall–Kier alpha value is -0.240. The van der Waals surface area contributed by atoms with Crippen LogP contribution in [0.2, 0.25) is 0 Å². The summed E-state index contributed by atoms with van der Waals surface area (Å²) < 4.78 is 15.9. The fraction of sp³-hybridized carbons (Fsp3) is 1.00. The van der Waals surface area contributed by atoms with E-state index in [0.717, 1.165) is 48.7 Å². The second-order valence-corrected chi connectivity index (χ2v) is 45.3. The van der Waals surface area contributed by atoms with Gasteiger partial charge in [0.2, 0.25) is 0 Å². The number of nitrogens with one attached hydrogen (secondary N) is 3. The average Bonchev–Trinajstić information content (AvgIpc) is 1.83. The van der Waals surface area contributed by atoms with Crippen LogP contribution in [0.15, 0.2) is 0 Å². The summed E-state index contributed by atoms with van der Waals surface area (Å²) in [4.78, 5) is 0. The predicted molar refractivity (Wildman–Crippen MR) is 449 cm³/mol. The van der Waals surface area contributed by atoms with Crippen molar-refractivity contribution in [1.82, 2.24) is 16.0 Å². The van der Waals surface area contributed by atoms with Crippen LogP contribution in [-0.2, 0) is 14.2 Å². The quantitative estimate of drug-likeness (QED) is 0.214. The van der Waals surface area contributed by atoms with Crippen LogP contribution in [0.5, 0.6) is 0 Å². The van der Waals surface area contributed by atoms with Gasteiger partial charge in [0.25, 0.3) is 0 Å².